The van der Waals surface area contributed by atoms with Crippen LogP contribution in [0.4, 0.5) is 0 Å². The molecular formula is C26H20N6. The van der Waals surface area contributed by atoms with Gasteiger partial charge in [-0.1, -0.05) is 0 Å². The highest BCUT2D eigenvalue weighted by Crippen LogP contribution is 2.26. The summed E-state index contributed by atoms with van der Waals surface area (Å²) in [5.74, 6) is 0. The molecule has 6 heterocycles. The molecule has 0 aliphatic carbocycles. The van der Waals surface area contributed by atoms with E-state index in [1.807, 2.05) is 63.0 Å². The Balaban J connectivity index is 1.41. The van der Waals surface area contributed by atoms with E-state index in [9.17, 15) is 0 Å². The third-order valence-electron chi connectivity index (χ3n) is 5.80. The Bertz CT molecular complexity index is 1610. The lowest BCUT2D eigenvalue weighted by molar-refractivity contribution is 0.932. The molecule has 32 heavy (non-hydrogen) atoms. The van der Waals surface area contributed by atoms with Crippen LogP contribution in [0.1, 0.15) is 0 Å². The Morgan fingerprint density at radius 2 is 1.16 bits per heavy atom. The van der Waals surface area contributed by atoms with Crippen LogP contribution in [0.15, 0.2) is 85.3 Å². The van der Waals surface area contributed by atoms with Crippen LogP contribution in [0, 0.1) is 0 Å². The van der Waals surface area contributed by atoms with Gasteiger partial charge in [0.05, 0.1) is 28.5 Å². The van der Waals surface area contributed by atoms with Gasteiger partial charge in [0.25, 0.3) is 0 Å². The van der Waals surface area contributed by atoms with Crippen LogP contribution >= 0.6 is 0 Å². The Hall–Kier alpha value is -4.32. The van der Waals surface area contributed by atoms with Crippen molar-refractivity contribution in [1.82, 2.24) is 29.1 Å². The second-order valence-corrected chi connectivity index (χ2v) is 7.92. The van der Waals surface area contributed by atoms with E-state index in [2.05, 4.69) is 50.5 Å². The molecule has 0 amide bonds. The van der Waals surface area contributed by atoms with Crippen LogP contribution in [0.2, 0.25) is 0 Å². The average molecular weight is 416 g/mol. The third kappa shape index (κ3) is 3.04. The van der Waals surface area contributed by atoms with Crippen molar-refractivity contribution in [3.05, 3.63) is 85.3 Å². The Morgan fingerprint density at radius 3 is 1.78 bits per heavy atom. The van der Waals surface area contributed by atoms with E-state index in [0.717, 1.165) is 56.1 Å². The van der Waals surface area contributed by atoms with Gasteiger partial charge in [0.2, 0.25) is 0 Å². The first-order valence-corrected chi connectivity index (χ1v) is 10.4. The first-order valence-electron chi connectivity index (χ1n) is 10.4. The van der Waals surface area contributed by atoms with Crippen LogP contribution < -0.4 is 0 Å². The van der Waals surface area contributed by atoms with Gasteiger partial charge in [0.1, 0.15) is 0 Å². The molecule has 0 aromatic carbocycles. The van der Waals surface area contributed by atoms with Gasteiger partial charge in [-0.25, -0.2) is 19.9 Å². The van der Waals surface area contributed by atoms with Gasteiger partial charge in [0.15, 0.2) is 11.3 Å². The first-order chi connectivity index (χ1) is 15.7. The molecule has 0 bridgehead atoms. The van der Waals surface area contributed by atoms with E-state index in [4.69, 9.17) is 15.0 Å². The lowest BCUT2D eigenvalue weighted by Crippen LogP contribution is -1.95. The predicted octanol–water partition coefficient (Wildman–Crippen LogP) is 5.25. The zero-order valence-corrected chi connectivity index (χ0v) is 17.8. The molecule has 0 fully saturated rings. The lowest BCUT2D eigenvalue weighted by atomic mass is 10.1. The molecule has 6 rings (SSSR count). The van der Waals surface area contributed by atoms with Crippen molar-refractivity contribution in [2.75, 3.05) is 0 Å². The molecule has 0 saturated carbocycles. The van der Waals surface area contributed by atoms with E-state index >= 15 is 0 Å². The van der Waals surface area contributed by atoms with Gasteiger partial charge < -0.3 is 9.13 Å². The lowest BCUT2D eigenvalue weighted by Gasteiger charge is -2.08. The van der Waals surface area contributed by atoms with Crippen LogP contribution in [-0.4, -0.2) is 29.1 Å². The molecule has 0 aliphatic rings. The molecule has 0 atom stereocenters. The summed E-state index contributed by atoms with van der Waals surface area (Å²) in [7, 11) is 4.03. The maximum absolute atomic E-state index is 4.84. The maximum Gasteiger partial charge on any atom is 0.160 e. The summed E-state index contributed by atoms with van der Waals surface area (Å²) in [6.45, 7) is 0. The summed E-state index contributed by atoms with van der Waals surface area (Å²) in [6, 6.07) is 22.5. The third-order valence-corrected chi connectivity index (χ3v) is 5.80. The summed E-state index contributed by atoms with van der Waals surface area (Å²) in [5.41, 5.74) is 7.17. The molecule has 6 nitrogen and oxygen atoms in total. The van der Waals surface area contributed by atoms with Crippen molar-refractivity contribution in [3.8, 4) is 34.0 Å². The quantitative estimate of drug-likeness (QED) is 0.395. The monoisotopic (exact) mass is 416 g/mol. The minimum absolute atomic E-state index is 0.720. The molecule has 6 aromatic rings. The van der Waals surface area contributed by atoms with Gasteiger partial charge in [-0.05, 0) is 66.7 Å². The van der Waals surface area contributed by atoms with Crippen LogP contribution in [-0.2, 0) is 14.1 Å². The Morgan fingerprint density at radius 1 is 0.594 bits per heavy atom. The van der Waals surface area contributed by atoms with Crippen LogP contribution in [0.25, 0.3) is 56.1 Å². The largest absolute Gasteiger partial charge is 0.349 e. The second-order valence-electron chi connectivity index (χ2n) is 7.92. The van der Waals surface area contributed by atoms with Crippen LogP contribution in [0.3, 0.4) is 0 Å². The second kappa shape index (κ2) is 7.13. The number of hydrogen-bond acceptors (Lipinski definition) is 4. The van der Waals surface area contributed by atoms with E-state index in [1.165, 1.54) is 0 Å². The summed E-state index contributed by atoms with van der Waals surface area (Å²) >= 11 is 0. The number of aryl methyl sites for hydroxylation is 2. The Kier molecular flexibility index (Phi) is 4.11. The number of hydrogen-bond donors (Lipinski definition) is 0. The summed E-state index contributed by atoms with van der Waals surface area (Å²) in [5, 5.41) is 1.99. The highest BCUT2D eigenvalue weighted by molar-refractivity contribution is 5.84. The maximum atomic E-state index is 4.84. The molecule has 0 unspecified atom stereocenters. The molecule has 154 valence electrons. The zero-order chi connectivity index (χ0) is 21.7. The van der Waals surface area contributed by atoms with Crippen molar-refractivity contribution < 1.29 is 0 Å². The molecule has 0 radical (unpaired) electrons. The van der Waals surface area contributed by atoms with Crippen molar-refractivity contribution in [1.29, 1.82) is 0 Å². The van der Waals surface area contributed by atoms with E-state index in [0.29, 0.717) is 0 Å². The predicted molar refractivity (Wildman–Crippen MR) is 127 cm³/mol. The normalized spacial score (nSPS) is 11.4. The number of rotatable bonds is 3. The van der Waals surface area contributed by atoms with Gasteiger partial charge >= 0.3 is 0 Å². The average Bonchev–Trinajstić information content (AvgIpc) is 3.45. The fraction of sp³-hybridized carbons (Fsp3) is 0.0769. The molecular weight excluding hydrogens is 396 g/mol. The minimum Gasteiger partial charge on any atom is -0.349 e. The van der Waals surface area contributed by atoms with Gasteiger partial charge in [0, 0.05) is 49.0 Å². The van der Waals surface area contributed by atoms with Crippen LogP contribution in [0.5, 0.6) is 0 Å². The molecule has 0 aliphatic heterocycles. The highest BCUT2D eigenvalue weighted by atomic mass is 15.0. The molecule has 6 aromatic heterocycles. The van der Waals surface area contributed by atoms with Crippen molar-refractivity contribution in [3.63, 3.8) is 0 Å². The van der Waals surface area contributed by atoms with Crippen molar-refractivity contribution >= 4 is 22.1 Å². The van der Waals surface area contributed by atoms with E-state index < -0.39 is 0 Å². The SMILES string of the molecule is Cn1cccc1-c1ccc2cc(-c3ccc4ccc(-c5cccn5C)nc4n3)cnc2n1. The van der Waals surface area contributed by atoms with E-state index in [-0.39, 0.29) is 0 Å². The molecule has 0 N–H and O–H groups in total. The first kappa shape index (κ1) is 18.4. The molecule has 6 heteroatoms. The van der Waals surface area contributed by atoms with Gasteiger partial charge in [-0.2, -0.15) is 0 Å². The molecule has 0 saturated heterocycles. The standard InChI is InChI=1S/C26H20N6/c1-31-13-3-5-23(31)21-12-9-18-15-19(16-27-25(18)29-21)20-10-7-17-8-11-22(30-26(17)28-20)24-6-4-14-32(24)2/h3-16H,1-2H3. The van der Waals surface area contributed by atoms with Gasteiger partial charge in [-0.3, -0.25) is 0 Å². The summed E-state index contributed by atoms with van der Waals surface area (Å²) < 4.78 is 4.11. The summed E-state index contributed by atoms with van der Waals surface area (Å²) in [4.78, 5) is 19.0. The fourth-order valence-electron chi connectivity index (χ4n) is 4.05. The number of pyridine rings is 4. The highest BCUT2D eigenvalue weighted by Gasteiger charge is 2.10. The number of fused-ring (bicyclic) bond motifs is 2. The minimum atomic E-state index is 0.720. The van der Waals surface area contributed by atoms with Gasteiger partial charge in [-0.15, -0.1) is 0 Å². The smallest absolute Gasteiger partial charge is 0.160 e. The van der Waals surface area contributed by atoms with Crippen molar-refractivity contribution in [2.45, 2.75) is 0 Å². The topological polar surface area (TPSA) is 61.4 Å². The summed E-state index contributed by atoms with van der Waals surface area (Å²) in [6.07, 6.45) is 5.86. The number of aromatic nitrogens is 6. The molecule has 0 spiro atoms. The van der Waals surface area contributed by atoms with E-state index in [1.54, 1.807) is 0 Å². The Labute approximate surface area is 184 Å². The number of nitrogens with zero attached hydrogens (tertiary/aromatic N) is 6. The zero-order valence-electron chi connectivity index (χ0n) is 17.8. The fourth-order valence-corrected chi connectivity index (χ4v) is 4.05. The van der Waals surface area contributed by atoms with Crippen molar-refractivity contribution in [2.24, 2.45) is 14.1 Å².